The van der Waals surface area contributed by atoms with Gasteiger partial charge in [-0.15, -0.1) is 11.8 Å². The third kappa shape index (κ3) is 6.64. The second kappa shape index (κ2) is 14.3. The monoisotopic (exact) mass is 636 g/mol. The molecule has 4 rings (SSSR count). The summed E-state index contributed by atoms with van der Waals surface area (Å²) in [5.74, 6) is -13.8. The molecule has 0 spiro atoms. The summed E-state index contributed by atoms with van der Waals surface area (Å²) in [5, 5.41) is 2.34. The number of benzene rings is 3. The summed E-state index contributed by atoms with van der Waals surface area (Å²) in [5.41, 5.74) is 2.37. The van der Waals surface area contributed by atoms with Gasteiger partial charge in [-0.05, 0) is 22.3 Å². The van der Waals surface area contributed by atoms with Gasteiger partial charge in [0.15, 0.2) is 23.3 Å². The van der Waals surface area contributed by atoms with Crippen LogP contribution in [0.1, 0.15) is 17.0 Å². The van der Waals surface area contributed by atoms with Crippen molar-refractivity contribution < 1.29 is 50.5 Å². The molecule has 0 saturated carbocycles. The highest BCUT2D eigenvalue weighted by atomic mass is 32.2. The zero-order valence-electron chi connectivity index (χ0n) is 23.1. The Hall–Kier alpha value is -4.59. The van der Waals surface area contributed by atoms with E-state index in [1.807, 2.05) is 48.5 Å². The smallest absolute Gasteiger partial charge is 0.415 e. The number of alkyl carbamates (subject to hydrolysis) is 1. The summed E-state index contributed by atoms with van der Waals surface area (Å²) in [6.07, 6.45) is -1.32. The maximum absolute atomic E-state index is 14.5. The van der Waals surface area contributed by atoms with Gasteiger partial charge in [0.1, 0.15) is 24.9 Å². The lowest BCUT2D eigenvalue weighted by Crippen LogP contribution is -2.44. The first-order chi connectivity index (χ1) is 21.1. The molecule has 14 heteroatoms. The van der Waals surface area contributed by atoms with Gasteiger partial charge in [0.25, 0.3) is 0 Å². The zero-order valence-corrected chi connectivity index (χ0v) is 23.9. The SMILES string of the molecule is C=CCOC(=O)N(CSC[C@H](NC(=O)OCC1c2ccccc2-c2ccccc21)C(=O)OC)c1c(F)c(F)c(F)c(F)c1F. The van der Waals surface area contributed by atoms with E-state index in [9.17, 15) is 36.3 Å². The van der Waals surface area contributed by atoms with Gasteiger partial charge < -0.3 is 19.5 Å². The molecule has 44 heavy (non-hydrogen) atoms. The maximum Gasteiger partial charge on any atom is 0.415 e. The molecule has 1 aliphatic rings. The van der Waals surface area contributed by atoms with Crippen LogP contribution < -0.4 is 10.2 Å². The van der Waals surface area contributed by atoms with E-state index in [4.69, 9.17) is 14.2 Å². The second-order valence-electron chi connectivity index (χ2n) is 9.26. The Kier molecular flexibility index (Phi) is 10.5. The number of halogens is 5. The van der Waals surface area contributed by atoms with E-state index >= 15 is 0 Å². The second-order valence-corrected chi connectivity index (χ2v) is 10.3. The van der Waals surface area contributed by atoms with Crippen LogP contribution in [0.15, 0.2) is 61.2 Å². The number of ether oxygens (including phenoxy) is 3. The summed E-state index contributed by atoms with van der Waals surface area (Å²) in [6, 6.07) is 13.9. The summed E-state index contributed by atoms with van der Waals surface area (Å²) < 4.78 is 85.3. The van der Waals surface area contributed by atoms with E-state index in [0.29, 0.717) is 11.8 Å². The molecule has 0 saturated heterocycles. The number of nitrogens with one attached hydrogen (secondary N) is 1. The van der Waals surface area contributed by atoms with Crippen LogP contribution in [0.2, 0.25) is 0 Å². The normalized spacial score (nSPS) is 12.5. The minimum Gasteiger partial charge on any atom is -0.467 e. The molecule has 0 unspecified atom stereocenters. The summed E-state index contributed by atoms with van der Waals surface area (Å²) in [6.45, 7) is 2.82. The Morgan fingerprint density at radius 2 is 1.45 bits per heavy atom. The molecule has 1 atom stereocenters. The number of esters is 1. The molecule has 232 valence electrons. The predicted octanol–water partition coefficient (Wildman–Crippen LogP) is 6.28. The summed E-state index contributed by atoms with van der Waals surface area (Å²) in [4.78, 5) is 37.8. The molecule has 0 fully saturated rings. The number of hydrogen-bond donors (Lipinski definition) is 1. The van der Waals surface area contributed by atoms with E-state index in [1.54, 1.807) is 0 Å². The number of nitrogens with zero attached hydrogens (tertiary/aromatic N) is 1. The van der Waals surface area contributed by atoms with Gasteiger partial charge in [0.05, 0.1) is 13.0 Å². The molecule has 1 aliphatic carbocycles. The highest BCUT2D eigenvalue weighted by molar-refractivity contribution is 7.99. The molecule has 0 bridgehead atoms. The lowest BCUT2D eigenvalue weighted by Gasteiger charge is -2.24. The van der Waals surface area contributed by atoms with E-state index in [0.717, 1.165) is 35.4 Å². The standard InChI is InChI=1S/C30H25F5N2O6S/c1-3-12-42-30(40)37(27-25(34)23(32)22(31)24(33)26(27)35)15-44-14-21(28(38)41-2)36-29(39)43-13-20-18-10-6-4-8-16(18)17-9-5-7-11-19(17)20/h3-11,20-21H,1,12-15H2,2H3,(H,36,39)/t21-/m0/s1. The number of amides is 2. The Morgan fingerprint density at radius 3 is 2.00 bits per heavy atom. The lowest BCUT2D eigenvalue weighted by atomic mass is 9.98. The van der Waals surface area contributed by atoms with Crippen LogP contribution in [-0.2, 0) is 19.0 Å². The largest absolute Gasteiger partial charge is 0.467 e. The van der Waals surface area contributed by atoms with Crippen molar-refractivity contribution in [3.8, 4) is 11.1 Å². The van der Waals surface area contributed by atoms with Crippen molar-refractivity contribution in [2.45, 2.75) is 12.0 Å². The van der Waals surface area contributed by atoms with Crippen molar-refractivity contribution >= 4 is 35.6 Å². The molecule has 1 N–H and O–H groups in total. The first-order valence-electron chi connectivity index (χ1n) is 12.9. The number of rotatable bonds is 11. The Balaban J connectivity index is 1.45. The van der Waals surface area contributed by atoms with Gasteiger partial charge in [0.2, 0.25) is 5.82 Å². The molecule has 3 aromatic rings. The molecule has 8 nitrogen and oxygen atoms in total. The number of hydrogen-bond acceptors (Lipinski definition) is 7. The number of thioether (sulfide) groups is 1. The molecule has 0 aromatic heterocycles. The molecule has 0 heterocycles. The van der Waals surface area contributed by atoms with E-state index in [1.165, 1.54) is 0 Å². The van der Waals surface area contributed by atoms with E-state index in [2.05, 4.69) is 11.9 Å². The van der Waals surface area contributed by atoms with Gasteiger partial charge in [-0.1, -0.05) is 61.2 Å². The van der Waals surface area contributed by atoms with Gasteiger partial charge in [0, 0.05) is 11.7 Å². The topological polar surface area (TPSA) is 94.2 Å². The van der Waals surface area contributed by atoms with E-state index in [-0.39, 0.29) is 23.2 Å². The highest BCUT2D eigenvalue weighted by Crippen LogP contribution is 2.44. The molecular formula is C30H25F5N2O6S. The molecule has 0 radical (unpaired) electrons. The molecule has 3 aromatic carbocycles. The number of fused-ring (bicyclic) bond motifs is 3. The van der Waals surface area contributed by atoms with E-state index < -0.39 is 71.5 Å². The Morgan fingerprint density at radius 1 is 0.909 bits per heavy atom. The Bertz CT molecular complexity index is 1510. The van der Waals surface area contributed by atoms with Crippen molar-refractivity contribution in [2.75, 3.05) is 36.9 Å². The zero-order chi connectivity index (χ0) is 32.0. The molecule has 0 aliphatic heterocycles. The van der Waals surface area contributed by atoms with Gasteiger partial charge in [-0.2, -0.15) is 0 Å². The lowest BCUT2D eigenvalue weighted by molar-refractivity contribution is -0.142. The fourth-order valence-electron chi connectivity index (χ4n) is 4.60. The first kappa shape index (κ1) is 32.3. The number of carbonyl (C=O) groups excluding carboxylic acids is 3. The third-order valence-corrected chi connectivity index (χ3v) is 7.64. The number of anilines is 1. The number of methoxy groups -OCH3 is 1. The van der Waals surface area contributed by atoms with Crippen molar-refractivity contribution in [1.82, 2.24) is 5.32 Å². The average molecular weight is 637 g/mol. The average Bonchev–Trinajstić information content (AvgIpc) is 3.36. The minimum absolute atomic E-state index is 0.0654. The first-order valence-corrected chi connectivity index (χ1v) is 14.1. The van der Waals surface area contributed by atoms with Crippen molar-refractivity contribution in [2.24, 2.45) is 0 Å². The highest BCUT2D eigenvalue weighted by Gasteiger charge is 2.34. The maximum atomic E-state index is 14.5. The van der Waals surface area contributed by atoms with Crippen LogP contribution in [0.3, 0.4) is 0 Å². The van der Waals surface area contributed by atoms with Crippen LogP contribution in [0.5, 0.6) is 0 Å². The fourth-order valence-corrected chi connectivity index (χ4v) is 5.58. The van der Waals surface area contributed by atoms with Crippen molar-refractivity contribution in [3.05, 3.63) is 101 Å². The number of carbonyl (C=O) groups is 3. The predicted molar refractivity (Wildman–Crippen MR) is 152 cm³/mol. The van der Waals surface area contributed by atoms with Gasteiger partial charge in [-0.3, -0.25) is 4.90 Å². The molecular weight excluding hydrogens is 611 g/mol. The van der Waals surface area contributed by atoms with Crippen molar-refractivity contribution in [1.29, 1.82) is 0 Å². The van der Waals surface area contributed by atoms with Gasteiger partial charge in [-0.25, -0.2) is 36.3 Å². The fraction of sp³-hybridized carbons (Fsp3) is 0.233. The van der Waals surface area contributed by atoms with Crippen LogP contribution in [-0.4, -0.2) is 56.2 Å². The minimum atomic E-state index is -2.41. The van der Waals surface area contributed by atoms with Crippen LogP contribution in [0.4, 0.5) is 37.2 Å². The quantitative estimate of drug-likeness (QED) is 0.0504. The van der Waals surface area contributed by atoms with Crippen LogP contribution in [0, 0.1) is 29.1 Å². The molecule has 2 amide bonds. The Labute approximate surface area is 252 Å². The summed E-state index contributed by atoms with van der Waals surface area (Å²) in [7, 11) is 1.05. The van der Waals surface area contributed by atoms with Gasteiger partial charge >= 0.3 is 18.2 Å². The van der Waals surface area contributed by atoms with Crippen LogP contribution in [0.25, 0.3) is 11.1 Å². The summed E-state index contributed by atoms with van der Waals surface area (Å²) >= 11 is 0.626. The van der Waals surface area contributed by atoms with Crippen molar-refractivity contribution in [3.63, 3.8) is 0 Å². The third-order valence-electron chi connectivity index (χ3n) is 6.63. The van der Waals surface area contributed by atoms with Crippen LogP contribution >= 0.6 is 11.8 Å².